The molecule has 1 aromatic heterocycles. The van der Waals surface area contributed by atoms with Crippen molar-refractivity contribution in [1.29, 1.82) is 0 Å². The molecule has 2 aromatic carbocycles. The Labute approximate surface area is 178 Å². The zero-order chi connectivity index (χ0) is 21.9. The molecule has 30 heavy (non-hydrogen) atoms. The summed E-state index contributed by atoms with van der Waals surface area (Å²) in [5.74, 6) is -2.12. The number of carbonyl (C=O) groups is 2. The van der Waals surface area contributed by atoms with Gasteiger partial charge in [-0.25, -0.2) is 4.98 Å². The fourth-order valence-electron chi connectivity index (χ4n) is 2.81. The number of nitrogens with zero attached hydrogens (tertiary/aromatic N) is 1. The second-order valence-electron chi connectivity index (χ2n) is 6.25. The molecule has 0 saturated carbocycles. The third-order valence-corrected chi connectivity index (χ3v) is 5.30. The molecule has 3 rings (SSSR count). The Kier molecular flexibility index (Phi) is 6.42. The van der Waals surface area contributed by atoms with Crippen molar-refractivity contribution in [2.75, 3.05) is 0 Å². The number of thiazole rings is 1. The van der Waals surface area contributed by atoms with E-state index in [1.165, 1.54) is 28.8 Å². The monoisotopic (exact) mass is 454 g/mol. The quantitative estimate of drug-likeness (QED) is 0.520. The number of aliphatic carboxylic acids is 1. The number of amides is 1. The number of nitrogens with one attached hydrogen (secondary N) is 1. The van der Waals surface area contributed by atoms with E-state index in [9.17, 15) is 22.8 Å². The molecule has 0 aliphatic rings. The second kappa shape index (κ2) is 8.85. The van der Waals surface area contributed by atoms with Crippen LogP contribution in [0.4, 0.5) is 13.2 Å². The summed E-state index contributed by atoms with van der Waals surface area (Å²) in [5, 5.41) is 14.0. The molecule has 1 unspecified atom stereocenters. The highest BCUT2D eigenvalue weighted by atomic mass is 35.5. The van der Waals surface area contributed by atoms with Gasteiger partial charge in [0.25, 0.3) is 5.91 Å². The van der Waals surface area contributed by atoms with Gasteiger partial charge in [-0.2, -0.15) is 13.2 Å². The third-order valence-electron chi connectivity index (χ3n) is 4.15. The van der Waals surface area contributed by atoms with Crippen LogP contribution in [0, 0.1) is 0 Å². The maximum atomic E-state index is 13.3. The highest BCUT2D eigenvalue weighted by Crippen LogP contribution is 2.35. The van der Waals surface area contributed by atoms with Crippen molar-refractivity contribution in [1.82, 2.24) is 10.3 Å². The van der Waals surface area contributed by atoms with Gasteiger partial charge in [0, 0.05) is 16.0 Å². The van der Waals surface area contributed by atoms with Gasteiger partial charge in [0.1, 0.15) is 10.7 Å². The molecule has 0 spiro atoms. The van der Waals surface area contributed by atoms with Crippen LogP contribution in [-0.4, -0.2) is 22.0 Å². The van der Waals surface area contributed by atoms with Crippen LogP contribution in [0.2, 0.25) is 5.02 Å². The maximum Gasteiger partial charge on any atom is 0.416 e. The summed E-state index contributed by atoms with van der Waals surface area (Å²) < 4.78 is 40.0. The first-order valence-corrected chi connectivity index (χ1v) is 9.81. The second-order valence-corrected chi connectivity index (χ2v) is 7.55. The molecule has 0 aliphatic carbocycles. The molecule has 0 saturated heterocycles. The van der Waals surface area contributed by atoms with Crippen molar-refractivity contribution in [3.05, 3.63) is 75.8 Å². The van der Waals surface area contributed by atoms with E-state index in [0.717, 1.165) is 12.1 Å². The number of benzene rings is 2. The van der Waals surface area contributed by atoms with Crippen LogP contribution in [0.25, 0.3) is 10.6 Å². The largest absolute Gasteiger partial charge is 0.481 e. The Morgan fingerprint density at radius 1 is 1.13 bits per heavy atom. The first-order chi connectivity index (χ1) is 14.1. The van der Waals surface area contributed by atoms with Gasteiger partial charge >= 0.3 is 12.1 Å². The average molecular weight is 455 g/mol. The van der Waals surface area contributed by atoms with E-state index in [2.05, 4.69) is 10.3 Å². The number of hydrogen-bond donors (Lipinski definition) is 2. The number of carboxylic acid groups (broad SMARTS) is 1. The summed E-state index contributed by atoms with van der Waals surface area (Å²) in [6.45, 7) is 0. The topological polar surface area (TPSA) is 79.3 Å². The fourth-order valence-corrected chi connectivity index (χ4v) is 3.74. The molecule has 156 valence electrons. The Hall–Kier alpha value is -2.91. The van der Waals surface area contributed by atoms with Crippen LogP contribution < -0.4 is 5.32 Å². The van der Waals surface area contributed by atoms with Crippen molar-refractivity contribution in [3.63, 3.8) is 0 Å². The smallest absolute Gasteiger partial charge is 0.416 e. The van der Waals surface area contributed by atoms with E-state index < -0.39 is 36.1 Å². The molecular formula is C20H14ClF3N2O3S. The van der Waals surface area contributed by atoms with Gasteiger partial charge in [0.15, 0.2) is 0 Å². The Bertz CT molecular complexity index is 1070. The summed E-state index contributed by atoms with van der Waals surface area (Å²) in [4.78, 5) is 28.0. The molecule has 1 atom stereocenters. The van der Waals surface area contributed by atoms with Crippen LogP contribution in [0.1, 0.15) is 34.1 Å². The van der Waals surface area contributed by atoms with Crippen molar-refractivity contribution in [2.45, 2.75) is 18.6 Å². The van der Waals surface area contributed by atoms with Crippen molar-refractivity contribution >= 4 is 34.8 Å². The van der Waals surface area contributed by atoms with Crippen molar-refractivity contribution in [3.8, 4) is 10.6 Å². The Morgan fingerprint density at radius 3 is 2.43 bits per heavy atom. The number of carbonyl (C=O) groups excluding carboxylic acids is 1. The Balaban J connectivity index is 1.87. The minimum Gasteiger partial charge on any atom is -0.481 e. The lowest BCUT2D eigenvalue weighted by atomic mass is 9.97. The van der Waals surface area contributed by atoms with E-state index in [1.54, 1.807) is 24.3 Å². The molecule has 0 fully saturated rings. The van der Waals surface area contributed by atoms with Gasteiger partial charge in [0.05, 0.1) is 18.0 Å². The van der Waals surface area contributed by atoms with Gasteiger partial charge < -0.3 is 10.4 Å². The standard InChI is InChI=1S/C20H14ClF3N2O3S/c21-12-7-5-11(6-8-12)19-26-16(10-30-19)18(29)25-15(9-17(27)28)13-3-1-2-4-14(13)20(22,23)24/h1-8,10,15H,9H2,(H,25,29)(H,27,28). The van der Waals surface area contributed by atoms with Crippen molar-refractivity contribution < 1.29 is 27.9 Å². The van der Waals surface area contributed by atoms with E-state index in [4.69, 9.17) is 16.7 Å². The molecule has 2 N–H and O–H groups in total. The molecule has 5 nitrogen and oxygen atoms in total. The predicted octanol–water partition coefficient (Wildman–Crippen LogP) is 5.43. The third kappa shape index (κ3) is 5.17. The van der Waals surface area contributed by atoms with Crippen LogP contribution in [0.15, 0.2) is 53.9 Å². The predicted molar refractivity (Wildman–Crippen MR) is 106 cm³/mol. The summed E-state index contributed by atoms with van der Waals surface area (Å²) >= 11 is 7.02. The number of alkyl halides is 3. The first-order valence-electron chi connectivity index (χ1n) is 8.55. The normalized spacial score (nSPS) is 12.4. The first kappa shape index (κ1) is 21.8. The summed E-state index contributed by atoms with van der Waals surface area (Å²) in [6.07, 6.45) is -5.41. The molecular weight excluding hydrogens is 441 g/mol. The molecule has 10 heteroatoms. The van der Waals surface area contributed by atoms with Crippen LogP contribution in [0.5, 0.6) is 0 Å². The van der Waals surface area contributed by atoms with Crippen molar-refractivity contribution in [2.24, 2.45) is 0 Å². The SMILES string of the molecule is O=C(O)CC(NC(=O)c1csc(-c2ccc(Cl)cc2)n1)c1ccccc1C(F)(F)F. The highest BCUT2D eigenvalue weighted by molar-refractivity contribution is 7.13. The van der Waals surface area contributed by atoms with Gasteiger partial charge in [-0.15, -0.1) is 11.3 Å². The van der Waals surface area contributed by atoms with E-state index >= 15 is 0 Å². The molecule has 3 aromatic rings. The molecule has 0 radical (unpaired) electrons. The maximum absolute atomic E-state index is 13.3. The number of halogens is 4. The summed E-state index contributed by atoms with van der Waals surface area (Å²) in [7, 11) is 0. The summed E-state index contributed by atoms with van der Waals surface area (Å²) in [6, 6.07) is 9.93. The van der Waals surface area contributed by atoms with E-state index in [-0.39, 0.29) is 11.3 Å². The fraction of sp³-hybridized carbons (Fsp3) is 0.150. The Morgan fingerprint density at radius 2 is 1.80 bits per heavy atom. The van der Waals surface area contributed by atoms with Gasteiger partial charge in [-0.05, 0) is 23.8 Å². The lowest BCUT2D eigenvalue weighted by Crippen LogP contribution is -2.32. The highest BCUT2D eigenvalue weighted by Gasteiger charge is 2.36. The average Bonchev–Trinajstić information content (AvgIpc) is 3.17. The molecule has 0 aliphatic heterocycles. The number of carboxylic acids is 1. The van der Waals surface area contributed by atoms with Gasteiger partial charge in [-0.3, -0.25) is 9.59 Å². The van der Waals surface area contributed by atoms with Crippen LogP contribution in [0.3, 0.4) is 0 Å². The lowest BCUT2D eigenvalue weighted by molar-refractivity contribution is -0.140. The molecule has 1 amide bonds. The van der Waals surface area contributed by atoms with Gasteiger partial charge in [0.2, 0.25) is 0 Å². The van der Waals surface area contributed by atoms with Gasteiger partial charge in [-0.1, -0.05) is 41.9 Å². The van der Waals surface area contributed by atoms with E-state index in [1.807, 2.05) is 0 Å². The zero-order valence-corrected chi connectivity index (χ0v) is 16.7. The lowest BCUT2D eigenvalue weighted by Gasteiger charge is -2.21. The number of hydrogen-bond acceptors (Lipinski definition) is 4. The minimum absolute atomic E-state index is 0.0233. The van der Waals surface area contributed by atoms with Crippen LogP contribution >= 0.6 is 22.9 Å². The summed E-state index contributed by atoms with van der Waals surface area (Å²) in [5.41, 5.74) is -0.636. The number of rotatable bonds is 6. The number of aromatic nitrogens is 1. The van der Waals surface area contributed by atoms with Crippen LogP contribution in [-0.2, 0) is 11.0 Å². The molecule has 0 bridgehead atoms. The minimum atomic E-state index is -4.69. The van der Waals surface area contributed by atoms with E-state index in [0.29, 0.717) is 15.6 Å². The zero-order valence-electron chi connectivity index (χ0n) is 15.1. The molecule has 1 heterocycles.